The van der Waals surface area contributed by atoms with Crippen molar-refractivity contribution in [1.29, 1.82) is 0 Å². The van der Waals surface area contributed by atoms with Crippen LogP contribution >= 0.6 is 0 Å². The molecule has 2 rings (SSSR count). The number of ketones is 1. The molecule has 4 nitrogen and oxygen atoms in total. The Morgan fingerprint density at radius 1 is 1.47 bits per heavy atom. The molecule has 0 aliphatic heterocycles. The summed E-state index contributed by atoms with van der Waals surface area (Å²) in [5, 5.41) is 3.89. The second-order valence-electron chi connectivity index (χ2n) is 4.48. The molecular formula is C11H16N2O2. The summed E-state index contributed by atoms with van der Waals surface area (Å²) in [4.78, 5) is 15.2. The lowest BCUT2D eigenvalue weighted by Gasteiger charge is -2.23. The highest BCUT2D eigenvalue weighted by Gasteiger charge is 2.25. The van der Waals surface area contributed by atoms with E-state index >= 15 is 0 Å². The topological polar surface area (TPSA) is 56.0 Å². The van der Waals surface area contributed by atoms with Crippen LogP contribution in [0.15, 0.2) is 4.52 Å². The van der Waals surface area contributed by atoms with Crippen molar-refractivity contribution in [3.05, 3.63) is 11.7 Å². The molecular weight excluding hydrogens is 192 g/mol. The second kappa shape index (κ2) is 4.13. The third-order valence-corrected chi connectivity index (χ3v) is 3.04. The lowest BCUT2D eigenvalue weighted by molar-refractivity contribution is 0.0972. The minimum atomic E-state index is -0.155. The van der Waals surface area contributed by atoms with Gasteiger partial charge in [-0.1, -0.05) is 24.9 Å². The van der Waals surface area contributed by atoms with E-state index in [9.17, 15) is 4.79 Å². The number of Topliss-reactive ketones (excluding diaryl/α,β-unsaturated/α-hetero) is 1. The van der Waals surface area contributed by atoms with Gasteiger partial charge >= 0.3 is 0 Å². The summed E-state index contributed by atoms with van der Waals surface area (Å²) in [6.07, 6.45) is 4.72. The molecule has 1 aromatic heterocycles. The van der Waals surface area contributed by atoms with Crippen LogP contribution in [0.1, 0.15) is 62.0 Å². The summed E-state index contributed by atoms with van der Waals surface area (Å²) >= 11 is 0. The van der Waals surface area contributed by atoms with Crippen LogP contribution in [-0.2, 0) is 0 Å². The Morgan fingerprint density at radius 2 is 2.27 bits per heavy atom. The first-order valence-corrected chi connectivity index (χ1v) is 5.51. The first kappa shape index (κ1) is 10.3. The summed E-state index contributed by atoms with van der Waals surface area (Å²) in [5.74, 6) is 1.81. The van der Waals surface area contributed by atoms with Crippen LogP contribution in [0.4, 0.5) is 0 Å². The van der Waals surface area contributed by atoms with Crippen LogP contribution in [0.5, 0.6) is 0 Å². The molecule has 1 saturated carbocycles. The van der Waals surface area contributed by atoms with E-state index in [-0.39, 0.29) is 11.7 Å². The molecule has 1 fully saturated rings. The zero-order valence-electron chi connectivity index (χ0n) is 9.19. The molecule has 15 heavy (non-hydrogen) atoms. The van der Waals surface area contributed by atoms with Crippen molar-refractivity contribution < 1.29 is 9.32 Å². The SMILES string of the molecule is CC(=O)c1nc(C2CCCC(C)C2)no1. The Hall–Kier alpha value is -1.19. The van der Waals surface area contributed by atoms with Gasteiger partial charge in [0.1, 0.15) is 0 Å². The van der Waals surface area contributed by atoms with E-state index in [4.69, 9.17) is 4.52 Å². The summed E-state index contributed by atoms with van der Waals surface area (Å²) in [6, 6.07) is 0. The van der Waals surface area contributed by atoms with Crippen LogP contribution < -0.4 is 0 Å². The maximum atomic E-state index is 11.0. The van der Waals surface area contributed by atoms with Gasteiger partial charge in [-0.25, -0.2) is 0 Å². The molecule has 0 aromatic carbocycles. The fraction of sp³-hybridized carbons (Fsp3) is 0.727. The van der Waals surface area contributed by atoms with E-state index in [1.165, 1.54) is 19.8 Å². The Kier molecular flexibility index (Phi) is 2.84. The van der Waals surface area contributed by atoms with Gasteiger partial charge in [-0.2, -0.15) is 4.98 Å². The average molecular weight is 208 g/mol. The fourth-order valence-electron chi connectivity index (χ4n) is 2.21. The molecule has 2 unspecified atom stereocenters. The van der Waals surface area contributed by atoms with Gasteiger partial charge < -0.3 is 4.52 Å². The Balaban J connectivity index is 2.11. The largest absolute Gasteiger partial charge is 0.331 e. The molecule has 1 aliphatic carbocycles. The van der Waals surface area contributed by atoms with Gasteiger partial charge in [0, 0.05) is 12.8 Å². The van der Waals surface area contributed by atoms with E-state index in [0.717, 1.165) is 18.8 Å². The molecule has 0 bridgehead atoms. The molecule has 1 aliphatic rings. The highest BCUT2D eigenvalue weighted by Crippen LogP contribution is 2.34. The van der Waals surface area contributed by atoms with Crippen LogP contribution in [-0.4, -0.2) is 15.9 Å². The lowest BCUT2D eigenvalue weighted by atomic mass is 9.82. The van der Waals surface area contributed by atoms with Crippen molar-refractivity contribution in [2.24, 2.45) is 5.92 Å². The minimum absolute atomic E-state index is 0.142. The first-order valence-electron chi connectivity index (χ1n) is 5.51. The van der Waals surface area contributed by atoms with Gasteiger partial charge in [0.05, 0.1) is 0 Å². The van der Waals surface area contributed by atoms with Crippen LogP contribution in [0.25, 0.3) is 0 Å². The van der Waals surface area contributed by atoms with Crippen LogP contribution in [0.3, 0.4) is 0 Å². The maximum absolute atomic E-state index is 11.0. The van der Waals surface area contributed by atoms with Gasteiger partial charge in [0.25, 0.3) is 5.89 Å². The van der Waals surface area contributed by atoms with Gasteiger partial charge in [-0.05, 0) is 18.8 Å². The van der Waals surface area contributed by atoms with Crippen molar-refractivity contribution in [3.8, 4) is 0 Å². The predicted molar refractivity (Wildman–Crippen MR) is 54.7 cm³/mol. The number of hydrogen-bond acceptors (Lipinski definition) is 4. The number of hydrogen-bond donors (Lipinski definition) is 0. The van der Waals surface area contributed by atoms with E-state index in [1.807, 2.05) is 0 Å². The maximum Gasteiger partial charge on any atom is 0.293 e. The molecule has 4 heteroatoms. The quantitative estimate of drug-likeness (QED) is 0.701. The van der Waals surface area contributed by atoms with Gasteiger partial charge in [-0.15, -0.1) is 0 Å². The standard InChI is InChI=1S/C11H16N2O2/c1-7-4-3-5-9(6-7)10-12-11(8(2)14)15-13-10/h7,9H,3-6H2,1-2H3. The predicted octanol–water partition coefficient (Wildman–Crippen LogP) is 2.57. The molecule has 0 spiro atoms. The van der Waals surface area contributed by atoms with Crippen molar-refractivity contribution in [3.63, 3.8) is 0 Å². The number of carbonyl (C=O) groups is 1. The molecule has 1 heterocycles. The smallest absolute Gasteiger partial charge is 0.293 e. The molecule has 0 N–H and O–H groups in total. The van der Waals surface area contributed by atoms with Crippen molar-refractivity contribution in [2.45, 2.75) is 45.4 Å². The molecule has 0 radical (unpaired) electrons. The third kappa shape index (κ3) is 2.25. The van der Waals surface area contributed by atoms with Crippen molar-refractivity contribution in [2.75, 3.05) is 0 Å². The fourth-order valence-corrected chi connectivity index (χ4v) is 2.21. The number of aromatic nitrogens is 2. The Labute approximate surface area is 89.1 Å². The second-order valence-corrected chi connectivity index (χ2v) is 4.48. The van der Waals surface area contributed by atoms with Crippen LogP contribution in [0.2, 0.25) is 0 Å². The van der Waals surface area contributed by atoms with Gasteiger partial charge in [0.15, 0.2) is 5.82 Å². The Morgan fingerprint density at radius 3 is 2.87 bits per heavy atom. The molecule has 0 saturated heterocycles. The number of rotatable bonds is 2. The van der Waals surface area contributed by atoms with E-state index in [2.05, 4.69) is 17.1 Å². The van der Waals surface area contributed by atoms with Crippen LogP contribution in [0, 0.1) is 5.92 Å². The van der Waals surface area contributed by atoms with Gasteiger partial charge in [0.2, 0.25) is 5.78 Å². The van der Waals surface area contributed by atoms with Crippen molar-refractivity contribution in [1.82, 2.24) is 10.1 Å². The zero-order valence-corrected chi connectivity index (χ0v) is 9.19. The van der Waals surface area contributed by atoms with E-state index in [0.29, 0.717) is 11.7 Å². The molecule has 82 valence electrons. The van der Waals surface area contributed by atoms with Gasteiger partial charge in [-0.3, -0.25) is 4.79 Å². The van der Waals surface area contributed by atoms with Crippen molar-refractivity contribution >= 4 is 5.78 Å². The highest BCUT2D eigenvalue weighted by molar-refractivity contribution is 5.89. The monoisotopic (exact) mass is 208 g/mol. The summed E-state index contributed by atoms with van der Waals surface area (Å²) in [6.45, 7) is 3.69. The highest BCUT2D eigenvalue weighted by atomic mass is 16.5. The first-order chi connectivity index (χ1) is 7.16. The summed E-state index contributed by atoms with van der Waals surface area (Å²) in [7, 11) is 0. The molecule has 2 atom stereocenters. The number of nitrogens with zero attached hydrogens (tertiary/aromatic N) is 2. The summed E-state index contributed by atoms with van der Waals surface area (Å²) < 4.78 is 4.90. The minimum Gasteiger partial charge on any atom is -0.331 e. The summed E-state index contributed by atoms with van der Waals surface area (Å²) in [5.41, 5.74) is 0. The lowest BCUT2D eigenvalue weighted by Crippen LogP contribution is -2.13. The Bertz CT molecular complexity index is 359. The average Bonchev–Trinajstić information content (AvgIpc) is 2.66. The molecule has 0 amide bonds. The third-order valence-electron chi connectivity index (χ3n) is 3.04. The number of carbonyl (C=O) groups excluding carboxylic acids is 1. The van der Waals surface area contributed by atoms with E-state index in [1.54, 1.807) is 0 Å². The van der Waals surface area contributed by atoms with E-state index < -0.39 is 0 Å². The normalized spacial score (nSPS) is 26.5. The zero-order chi connectivity index (χ0) is 10.8. The molecule has 1 aromatic rings.